The van der Waals surface area contributed by atoms with Gasteiger partial charge in [-0.15, -0.1) is 0 Å². The normalized spacial score (nSPS) is 11.9. The van der Waals surface area contributed by atoms with Gasteiger partial charge in [0.25, 0.3) is 5.56 Å². The monoisotopic (exact) mass is 363 g/mol. The predicted octanol–water partition coefficient (Wildman–Crippen LogP) is 2.81. The molecule has 2 heterocycles. The Bertz CT molecular complexity index is 934. The first-order valence-electron chi connectivity index (χ1n) is 7.76. The van der Waals surface area contributed by atoms with Gasteiger partial charge in [0.15, 0.2) is 5.69 Å². The van der Waals surface area contributed by atoms with E-state index in [0.29, 0.717) is 24.7 Å². The van der Waals surface area contributed by atoms with Gasteiger partial charge in [-0.3, -0.25) is 14.8 Å². The Balaban J connectivity index is 1.83. The average Bonchev–Trinajstić information content (AvgIpc) is 3.06. The molecule has 3 rings (SSSR count). The van der Waals surface area contributed by atoms with Gasteiger partial charge in [0, 0.05) is 36.6 Å². The van der Waals surface area contributed by atoms with E-state index in [2.05, 4.69) is 20.2 Å². The summed E-state index contributed by atoms with van der Waals surface area (Å²) in [6.45, 7) is 1.21. The number of alkyl halides is 3. The van der Waals surface area contributed by atoms with E-state index in [9.17, 15) is 18.0 Å². The Morgan fingerprint density at radius 1 is 1.15 bits per heavy atom. The molecular weight excluding hydrogens is 347 g/mol. The van der Waals surface area contributed by atoms with Gasteiger partial charge >= 0.3 is 6.18 Å². The van der Waals surface area contributed by atoms with Crippen LogP contribution in [0.1, 0.15) is 17.0 Å². The molecule has 0 aliphatic rings. The summed E-state index contributed by atoms with van der Waals surface area (Å²) < 4.78 is 38.6. The molecule has 0 saturated heterocycles. The van der Waals surface area contributed by atoms with Gasteiger partial charge in [0.2, 0.25) is 0 Å². The summed E-state index contributed by atoms with van der Waals surface area (Å²) in [5.41, 5.74) is 0.194. The summed E-state index contributed by atoms with van der Waals surface area (Å²) in [7, 11) is 1.91. The maximum Gasteiger partial charge on any atom is 0.433 e. The number of rotatable bonds is 5. The minimum Gasteiger partial charge on any atom is -0.307 e. The molecule has 0 atom stereocenters. The molecule has 2 N–H and O–H groups in total. The van der Waals surface area contributed by atoms with Crippen LogP contribution in [-0.4, -0.2) is 32.1 Å². The van der Waals surface area contributed by atoms with Crippen molar-refractivity contribution in [2.45, 2.75) is 19.3 Å². The minimum atomic E-state index is -4.68. The second-order valence-corrected chi connectivity index (χ2v) is 5.93. The second kappa shape index (κ2) is 7.12. The second-order valence-electron chi connectivity index (χ2n) is 5.93. The molecule has 2 aromatic heterocycles. The van der Waals surface area contributed by atoms with Crippen molar-refractivity contribution in [1.29, 1.82) is 0 Å². The Morgan fingerprint density at radius 3 is 2.65 bits per heavy atom. The third-order valence-corrected chi connectivity index (χ3v) is 3.68. The first kappa shape index (κ1) is 17.9. The molecule has 3 aromatic rings. The van der Waals surface area contributed by atoms with E-state index in [1.165, 1.54) is 0 Å². The van der Waals surface area contributed by atoms with Crippen LogP contribution >= 0.6 is 0 Å². The summed E-state index contributed by atoms with van der Waals surface area (Å²) in [6, 6.07) is 9.21. The molecule has 0 unspecified atom stereocenters. The van der Waals surface area contributed by atoms with E-state index in [0.717, 1.165) is 11.3 Å². The van der Waals surface area contributed by atoms with E-state index >= 15 is 0 Å². The van der Waals surface area contributed by atoms with E-state index in [1.54, 1.807) is 24.4 Å². The van der Waals surface area contributed by atoms with E-state index in [4.69, 9.17) is 0 Å². The average molecular weight is 363 g/mol. The molecule has 0 aliphatic carbocycles. The SMILES string of the molecule is CN(Cc1cccc(-c2nc(C(F)(F)F)cc(=O)[nH]2)c1)Cc1ccn[nH]1. The highest BCUT2D eigenvalue weighted by molar-refractivity contribution is 5.56. The predicted molar refractivity (Wildman–Crippen MR) is 89.1 cm³/mol. The van der Waals surface area contributed by atoms with E-state index < -0.39 is 17.4 Å². The Hall–Kier alpha value is -2.94. The van der Waals surface area contributed by atoms with Crippen molar-refractivity contribution in [3.05, 3.63) is 69.9 Å². The molecule has 26 heavy (non-hydrogen) atoms. The van der Waals surface area contributed by atoms with Gasteiger partial charge in [0.1, 0.15) is 5.82 Å². The molecule has 6 nitrogen and oxygen atoms in total. The van der Waals surface area contributed by atoms with Crippen molar-refractivity contribution < 1.29 is 13.2 Å². The first-order chi connectivity index (χ1) is 12.3. The van der Waals surface area contributed by atoms with Crippen LogP contribution in [0, 0.1) is 0 Å². The zero-order valence-corrected chi connectivity index (χ0v) is 13.8. The fourth-order valence-electron chi connectivity index (χ4n) is 2.59. The van der Waals surface area contributed by atoms with Gasteiger partial charge in [-0.2, -0.15) is 18.3 Å². The zero-order valence-electron chi connectivity index (χ0n) is 13.8. The van der Waals surface area contributed by atoms with E-state index in [-0.39, 0.29) is 5.82 Å². The van der Waals surface area contributed by atoms with Crippen molar-refractivity contribution in [3.8, 4) is 11.4 Å². The van der Waals surface area contributed by atoms with Crippen molar-refractivity contribution >= 4 is 0 Å². The largest absolute Gasteiger partial charge is 0.433 e. The fourth-order valence-corrected chi connectivity index (χ4v) is 2.59. The van der Waals surface area contributed by atoms with Crippen LogP contribution in [0.25, 0.3) is 11.4 Å². The van der Waals surface area contributed by atoms with Crippen LogP contribution in [0.15, 0.2) is 47.4 Å². The third-order valence-electron chi connectivity index (χ3n) is 3.68. The molecule has 9 heteroatoms. The molecule has 0 aliphatic heterocycles. The maximum absolute atomic E-state index is 12.9. The van der Waals surface area contributed by atoms with Crippen molar-refractivity contribution in [3.63, 3.8) is 0 Å². The summed E-state index contributed by atoms with van der Waals surface area (Å²) in [5.74, 6) is -0.108. The van der Waals surface area contributed by atoms with E-state index in [1.807, 2.05) is 24.1 Å². The number of hydrogen-bond acceptors (Lipinski definition) is 4. The molecule has 0 bridgehead atoms. The van der Waals surface area contributed by atoms with Crippen LogP contribution in [-0.2, 0) is 19.3 Å². The number of benzene rings is 1. The smallest absolute Gasteiger partial charge is 0.307 e. The van der Waals surface area contributed by atoms with Crippen LogP contribution in [0.3, 0.4) is 0 Å². The number of hydrogen-bond donors (Lipinski definition) is 2. The molecule has 0 fully saturated rings. The van der Waals surface area contributed by atoms with Crippen molar-refractivity contribution in [2.24, 2.45) is 0 Å². The highest BCUT2D eigenvalue weighted by Gasteiger charge is 2.33. The van der Waals surface area contributed by atoms with Crippen LogP contribution in [0.2, 0.25) is 0 Å². The lowest BCUT2D eigenvalue weighted by atomic mass is 10.1. The number of aromatic nitrogens is 4. The van der Waals surface area contributed by atoms with Crippen molar-refractivity contribution in [1.82, 2.24) is 25.1 Å². The quantitative estimate of drug-likeness (QED) is 0.731. The molecule has 1 aromatic carbocycles. The molecule has 136 valence electrons. The lowest BCUT2D eigenvalue weighted by Crippen LogP contribution is -2.18. The van der Waals surface area contributed by atoms with Gasteiger partial charge < -0.3 is 4.98 Å². The number of nitrogens with one attached hydrogen (secondary N) is 2. The lowest BCUT2D eigenvalue weighted by molar-refractivity contribution is -0.141. The Morgan fingerprint density at radius 2 is 1.96 bits per heavy atom. The molecular formula is C17H16F3N5O. The Kier molecular flexibility index (Phi) is 4.90. The van der Waals surface area contributed by atoms with Gasteiger partial charge in [0.05, 0.1) is 0 Å². The number of aromatic amines is 2. The highest BCUT2D eigenvalue weighted by atomic mass is 19.4. The lowest BCUT2D eigenvalue weighted by Gasteiger charge is -2.16. The zero-order chi connectivity index (χ0) is 18.7. The summed E-state index contributed by atoms with van der Waals surface area (Å²) in [5, 5.41) is 6.76. The van der Waals surface area contributed by atoms with Crippen LogP contribution < -0.4 is 5.56 Å². The molecule has 0 spiro atoms. The van der Waals surface area contributed by atoms with Gasteiger partial charge in [-0.1, -0.05) is 18.2 Å². The van der Waals surface area contributed by atoms with Gasteiger partial charge in [-0.25, -0.2) is 4.98 Å². The summed E-state index contributed by atoms with van der Waals surface area (Å²) >= 11 is 0. The maximum atomic E-state index is 12.9. The third kappa shape index (κ3) is 4.37. The fraction of sp³-hybridized carbons (Fsp3) is 0.235. The van der Waals surface area contributed by atoms with Crippen molar-refractivity contribution in [2.75, 3.05) is 7.05 Å². The topological polar surface area (TPSA) is 77.7 Å². The molecule has 0 saturated carbocycles. The first-order valence-corrected chi connectivity index (χ1v) is 7.76. The standard InChI is InChI=1S/C17H16F3N5O/c1-25(10-13-5-6-21-24-13)9-11-3-2-4-12(7-11)16-22-14(17(18,19)20)8-15(26)23-16/h2-8H,9-10H2,1H3,(H,21,24)(H,22,23,26). The van der Waals surface area contributed by atoms with Crippen LogP contribution in [0.4, 0.5) is 13.2 Å². The minimum absolute atomic E-state index is 0.108. The molecule has 0 amide bonds. The number of halogens is 3. The summed E-state index contributed by atoms with van der Waals surface area (Å²) in [6.07, 6.45) is -3.01. The number of nitrogens with zero attached hydrogens (tertiary/aromatic N) is 3. The van der Waals surface area contributed by atoms with Crippen LogP contribution in [0.5, 0.6) is 0 Å². The number of H-pyrrole nitrogens is 2. The highest BCUT2D eigenvalue weighted by Crippen LogP contribution is 2.28. The summed E-state index contributed by atoms with van der Waals surface area (Å²) in [4.78, 5) is 19.5. The molecule has 0 radical (unpaired) electrons. The Labute approximate surface area is 146 Å². The van der Waals surface area contributed by atoms with Gasteiger partial charge in [-0.05, 0) is 24.7 Å².